The van der Waals surface area contributed by atoms with Crippen LogP contribution < -0.4 is 5.32 Å². The van der Waals surface area contributed by atoms with E-state index in [1.54, 1.807) is 23.1 Å². The predicted molar refractivity (Wildman–Crippen MR) is 81.3 cm³/mol. The van der Waals surface area contributed by atoms with Gasteiger partial charge in [-0.05, 0) is 25.6 Å². The Hall–Kier alpha value is -1.14. The van der Waals surface area contributed by atoms with Crippen LogP contribution in [-0.4, -0.2) is 21.5 Å². The molecule has 0 saturated carbocycles. The molecule has 1 N–H and O–H groups in total. The first-order valence-corrected chi connectivity index (χ1v) is 8.01. The number of thiazole rings is 1. The fourth-order valence-electron chi connectivity index (χ4n) is 1.55. The Kier molecular flexibility index (Phi) is 4.76. The van der Waals surface area contributed by atoms with Gasteiger partial charge in [0.05, 0.1) is 0 Å². The third-order valence-electron chi connectivity index (χ3n) is 2.57. The molecule has 0 fully saturated rings. The number of hydrogen-bond acceptors (Lipinski definition) is 6. The molecule has 2 aromatic rings. The van der Waals surface area contributed by atoms with Crippen LogP contribution in [0.3, 0.4) is 0 Å². The standard InChI is InChI=1S/C13H18N4S2/c1-5-14-11-9(4)12(17-10(16-11)8(2)3)19-13-15-6-7-18-13/h6-8H,5H2,1-4H3,(H,14,16,17). The van der Waals surface area contributed by atoms with E-state index in [9.17, 15) is 0 Å². The Balaban J connectivity index is 2.39. The maximum absolute atomic E-state index is 4.67. The van der Waals surface area contributed by atoms with Crippen LogP contribution in [0.4, 0.5) is 5.82 Å². The summed E-state index contributed by atoms with van der Waals surface area (Å²) >= 11 is 3.24. The van der Waals surface area contributed by atoms with Crippen molar-refractivity contribution < 1.29 is 0 Å². The number of nitrogens with zero attached hydrogens (tertiary/aromatic N) is 3. The van der Waals surface area contributed by atoms with Crippen LogP contribution in [0.5, 0.6) is 0 Å². The zero-order chi connectivity index (χ0) is 13.8. The van der Waals surface area contributed by atoms with E-state index >= 15 is 0 Å². The van der Waals surface area contributed by atoms with Gasteiger partial charge in [-0.2, -0.15) is 0 Å². The molecule has 19 heavy (non-hydrogen) atoms. The molecule has 2 rings (SSSR count). The number of nitrogens with one attached hydrogen (secondary N) is 1. The summed E-state index contributed by atoms with van der Waals surface area (Å²) in [7, 11) is 0. The minimum Gasteiger partial charge on any atom is -0.370 e. The summed E-state index contributed by atoms with van der Waals surface area (Å²) in [6, 6.07) is 0. The van der Waals surface area contributed by atoms with Crippen LogP contribution >= 0.6 is 23.1 Å². The second-order valence-electron chi connectivity index (χ2n) is 4.45. The molecule has 2 heterocycles. The lowest BCUT2D eigenvalue weighted by molar-refractivity contribution is 0.748. The summed E-state index contributed by atoms with van der Waals surface area (Å²) in [6.07, 6.45) is 1.82. The van der Waals surface area contributed by atoms with Gasteiger partial charge in [0.15, 0.2) is 4.34 Å². The van der Waals surface area contributed by atoms with Gasteiger partial charge in [-0.3, -0.25) is 0 Å². The summed E-state index contributed by atoms with van der Waals surface area (Å²) in [5.74, 6) is 2.12. The molecule has 102 valence electrons. The lowest BCUT2D eigenvalue weighted by Crippen LogP contribution is -2.08. The molecule has 0 aliphatic carbocycles. The zero-order valence-corrected chi connectivity index (χ0v) is 13.2. The lowest BCUT2D eigenvalue weighted by atomic mass is 10.2. The normalized spacial score (nSPS) is 11.0. The molecular weight excluding hydrogens is 276 g/mol. The Morgan fingerprint density at radius 3 is 2.74 bits per heavy atom. The minimum atomic E-state index is 0.314. The van der Waals surface area contributed by atoms with E-state index in [0.29, 0.717) is 5.92 Å². The average molecular weight is 294 g/mol. The second-order valence-corrected chi connectivity index (χ2v) is 6.58. The summed E-state index contributed by atoms with van der Waals surface area (Å²) in [6.45, 7) is 9.20. The number of aromatic nitrogens is 3. The van der Waals surface area contributed by atoms with Crippen molar-refractivity contribution in [1.82, 2.24) is 15.0 Å². The Morgan fingerprint density at radius 2 is 2.16 bits per heavy atom. The monoisotopic (exact) mass is 294 g/mol. The average Bonchev–Trinajstić information content (AvgIpc) is 2.87. The number of anilines is 1. The van der Waals surface area contributed by atoms with Crippen molar-refractivity contribution in [2.45, 2.75) is 43.0 Å². The molecule has 0 aliphatic rings. The van der Waals surface area contributed by atoms with Crippen molar-refractivity contribution in [2.24, 2.45) is 0 Å². The van der Waals surface area contributed by atoms with Crippen LogP contribution in [0.1, 0.15) is 38.1 Å². The van der Waals surface area contributed by atoms with Gasteiger partial charge in [-0.15, -0.1) is 11.3 Å². The molecule has 0 radical (unpaired) electrons. The van der Waals surface area contributed by atoms with Crippen LogP contribution in [0.2, 0.25) is 0 Å². The molecule has 0 amide bonds. The largest absolute Gasteiger partial charge is 0.370 e. The van der Waals surface area contributed by atoms with Crippen molar-refractivity contribution in [1.29, 1.82) is 0 Å². The first-order chi connectivity index (χ1) is 9.11. The van der Waals surface area contributed by atoms with E-state index in [4.69, 9.17) is 0 Å². The van der Waals surface area contributed by atoms with Crippen molar-refractivity contribution in [3.63, 3.8) is 0 Å². The second kappa shape index (κ2) is 6.34. The maximum Gasteiger partial charge on any atom is 0.156 e. The van der Waals surface area contributed by atoms with Gasteiger partial charge in [0.1, 0.15) is 16.7 Å². The Bertz CT molecular complexity index is 538. The van der Waals surface area contributed by atoms with E-state index < -0.39 is 0 Å². The third kappa shape index (κ3) is 3.45. The highest BCUT2D eigenvalue weighted by atomic mass is 32.2. The molecular formula is C13H18N4S2. The van der Waals surface area contributed by atoms with Crippen LogP contribution in [0.25, 0.3) is 0 Å². The van der Waals surface area contributed by atoms with Crippen LogP contribution in [0.15, 0.2) is 20.9 Å². The van der Waals surface area contributed by atoms with Crippen LogP contribution in [-0.2, 0) is 0 Å². The molecule has 0 unspecified atom stereocenters. The molecule has 4 nitrogen and oxygen atoms in total. The summed E-state index contributed by atoms with van der Waals surface area (Å²) < 4.78 is 1.01. The van der Waals surface area contributed by atoms with Crippen molar-refractivity contribution in [3.8, 4) is 0 Å². The van der Waals surface area contributed by atoms with Gasteiger partial charge in [-0.25, -0.2) is 15.0 Å². The van der Waals surface area contributed by atoms with Gasteiger partial charge < -0.3 is 5.32 Å². The number of rotatable bonds is 5. The van der Waals surface area contributed by atoms with E-state index in [0.717, 1.165) is 33.1 Å². The predicted octanol–water partition coefficient (Wildman–Crippen LogP) is 3.95. The van der Waals surface area contributed by atoms with E-state index in [1.807, 2.05) is 11.6 Å². The van der Waals surface area contributed by atoms with Crippen molar-refractivity contribution in [3.05, 3.63) is 23.0 Å². The zero-order valence-electron chi connectivity index (χ0n) is 11.6. The number of hydrogen-bond donors (Lipinski definition) is 1. The molecule has 6 heteroatoms. The lowest BCUT2D eigenvalue weighted by Gasteiger charge is -2.13. The van der Waals surface area contributed by atoms with Gasteiger partial charge >= 0.3 is 0 Å². The summed E-state index contributed by atoms with van der Waals surface area (Å²) in [5, 5.41) is 6.28. The van der Waals surface area contributed by atoms with Crippen molar-refractivity contribution in [2.75, 3.05) is 11.9 Å². The fourth-order valence-corrected chi connectivity index (χ4v) is 3.18. The Labute approximate surface area is 122 Å². The summed E-state index contributed by atoms with van der Waals surface area (Å²) in [4.78, 5) is 13.6. The molecule has 0 atom stereocenters. The quantitative estimate of drug-likeness (QED) is 0.846. The highest BCUT2D eigenvalue weighted by Gasteiger charge is 2.14. The maximum atomic E-state index is 4.67. The highest BCUT2D eigenvalue weighted by molar-refractivity contribution is 8.01. The van der Waals surface area contributed by atoms with Gasteiger partial charge in [0.25, 0.3) is 0 Å². The fraction of sp³-hybridized carbons (Fsp3) is 0.462. The van der Waals surface area contributed by atoms with Gasteiger partial charge in [-0.1, -0.05) is 13.8 Å². The van der Waals surface area contributed by atoms with Gasteiger partial charge in [0.2, 0.25) is 0 Å². The minimum absolute atomic E-state index is 0.314. The first-order valence-electron chi connectivity index (χ1n) is 6.31. The summed E-state index contributed by atoms with van der Waals surface area (Å²) in [5.41, 5.74) is 1.09. The van der Waals surface area contributed by atoms with Gasteiger partial charge in [0, 0.05) is 29.6 Å². The molecule has 0 spiro atoms. The molecule has 0 bridgehead atoms. The Morgan fingerprint density at radius 1 is 1.37 bits per heavy atom. The highest BCUT2D eigenvalue weighted by Crippen LogP contribution is 2.33. The van der Waals surface area contributed by atoms with E-state index in [2.05, 4.69) is 48.0 Å². The van der Waals surface area contributed by atoms with Crippen molar-refractivity contribution >= 4 is 28.9 Å². The molecule has 2 aromatic heterocycles. The molecule has 0 saturated heterocycles. The van der Waals surface area contributed by atoms with E-state index in [1.165, 1.54) is 0 Å². The third-order valence-corrected chi connectivity index (χ3v) is 4.55. The first kappa shape index (κ1) is 14.3. The smallest absolute Gasteiger partial charge is 0.156 e. The van der Waals surface area contributed by atoms with Crippen LogP contribution in [0, 0.1) is 6.92 Å². The van der Waals surface area contributed by atoms with E-state index in [-0.39, 0.29) is 0 Å². The SMILES string of the molecule is CCNc1nc(C(C)C)nc(Sc2nccs2)c1C. The molecule has 0 aliphatic heterocycles. The molecule has 0 aromatic carbocycles. The topological polar surface area (TPSA) is 50.7 Å².